The molecule has 0 spiro atoms. The van der Waals surface area contributed by atoms with Gasteiger partial charge in [0.2, 0.25) is 0 Å². The van der Waals surface area contributed by atoms with Gasteiger partial charge in [-0.15, -0.1) is 0 Å². The van der Waals surface area contributed by atoms with Crippen molar-refractivity contribution in [2.45, 2.75) is 64.9 Å². The van der Waals surface area contributed by atoms with E-state index >= 15 is 0 Å². The van der Waals surface area contributed by atoms with E-state index in [1.54, 1.807) is 7.11 Å². The number of methoxy groups -OCH3 is 1. The number of benzene rings is 1. The van der Waals surface area contributed by atoms with E-state index in [9.17, 15) is 4.79 Å². The van der Waals surface area contributed by atoms with Gasteiger partial charge in [-0.05, 0) is 75.9 Å². The molecule has 0 radical (unpaired) electrons. The molecule has 28 heavy (non-hydrogen) atoms. The van der Waals surface area contributed by atoms with Crippen LogP contribution in [0.3, 0.4) is 0 Å². The Morgan fingerprint density at radius 1 is 1.21 bits per heavy atom. The van der Waals surface area contributed by atoms with Crippen molar-refractivity contribution < 1.29 is 14.3 Å². The van der Waals surface area contributed by atoms with E-state index in [-0.39, 0.29) is 5.91 Å². The summed E-state index contributed by atoms with van der Waals surface area (Å²) in [5.41, 5.74) is -0.0307. The molecule has 1 aliphatic heterocycles. The zero-order chi connectivity index (χ0) is 20.4. The normalized spacial score (nSPS) is 17.9. The Labute approximate surface area is 170 Å². The summed E-state index contributed by atoms with van der Waals surface area (Å²) < 4.78 is 11.3. The summed E-state index contributed by atoms with van der Waals surface area (Å²) in [5.74, 6) is 1.61. The minimum Gasteiger partial charge on any atom is -0.494 e. The Morgan fingerprint density at radius 2 is 1.89 bits per heavy atom. The molecule has 1 saturated heterocycles. The van der Waals surface area contributed by atoms with Gasteiger partial charge in [0.1, 0.15) is 11.4 Å². The Hall–Kier alpha value is -1.59. The van der Waals surface area contributed by atoms with Crippen LogP contribution in [0.5, 0.6) is 5.75 Å². The molecule has 1 aromatic carbocycles. The Morgan fingerprint density at radius 3 is 2.50 bits per heavy atom. The first kappa shape index (κ1) is 22.7. The number of hydrogen-bond acceptors (Lipinski definition) is 4. The number of amides is 1. The lowest BCUT2D eigenvalue weighted by molar-refractivity contribution is -0.136. The predicted molar refractivity (Wildman–Crippen MR) is 115 cm³/mol. The van der Waals surface area contributed by atoms with E-state index in [4.69, 9.17) is 9.47 Å². The molecule has 1 N–H and O–H groups in total. The lowest BCUT2D eigenvalue weighted by Gasteiger charge is -2.30. The summed E-state index contributed by atoms with van der Waals surface area (Å²) in [6, 6.07) is 7.59. The van der Waals surface area contributed by atoms with Crippen molar-refractivity contribution in [3.05, 3.63) is 24.3 Å². The highest BCUT2D eigenvalue weighted by Gasteiger charge is 2.32. The summed E-state index contributed by atoms with van der Waals surface area (Å²) in [6.07, 6.45) is 6.37. The third kappa shape index (κ3) is 7.10. The first-order valence-electron chi connectivity index (χ1n) is 10.8. The fourth-order valence-corrected chi connectivity index (χ4v) is 3.48. The van der Waals surface area contributed by atoms with Gasteiger partial charge < -0.3 is 19.7 Å². The van der Waals surface area contributed by atoms with Crippen LogP contribution in [0.2, 0.25) is 0 Å². The maximum absolute atomic E-state index is 12.6. The molecule has 0 aliphatic carbocycles. The van der Waals surface area contributed by atoms with Crippen molar-refractivity contribution in [1.29, 1.82) is 0 Å². The van der Waals surface area contributed by atoms with E-state index in [1.807, 2.05) is 31.2 Å². The Balaban J connectivity index is 1.72. The molecule has 0 bridgehead atoms. The number of anilines is 1. The molecule has 1 atom stereocenters. The lowest BCUT2D eigenvalue weighted by atomic mass is 9.97. The minimum atomic E-state index is -0.794. The van der Waals surface area contributed by atoms with Crippen LogP contribution >= 0.6 is 0 Å². The van der Waals surface area contributed by atoms with Gasteiger partial charge in [-0.25, -0.2) is 0 Å². The molecule has 1 heterocycles. The Bertz CT molecular complexity index is 582. The summed E-state index contributed by atoms with van der Waals surface area (Å²) >= 11 is 0. The monoisotopic (exact) mass is 390 g/mol. The number of carbonyl (C=O) groups excluding carboxylic acids is 1. The van der Waals surface area contributed by atoms with Crippen molar-refractivity contribution in [1.82, 2.24) is 4.90 Å². The summed E-state index contributed by atoms with van der Waals surface area (Å²) in [7, 11) is 1.59. The van der Waals surface area contributed by atoms with Crippen molar-refractivity contribution in [3.63, 3.8) is 0 Å². The van der Waals surface area contributed by atoms with E-state index in [0.717, 1.165) is 49.8 Å². The fourth-order valence-electron chi connectivity index (χ4n) is 3.48. The molecule has 5 heteroatoms. The highest BCUT2D eigenvalue weighted by molar-refractivity contribution is 5.97. The number of ether oxygens (including phenoxy) is 2. The number of rotatable bonds is 11. The van der Waals surface area contributed by atoms with Gasteiger partial charge in [0.25, 0.3) is 5.91 Å². The maximum Gasteiger partial charge on any atom is 0.256 e. The van der Waals surface area contributed by atoms with E-state index < -0.39 is 5.60 Å². The number of piperidine rings is 1. The molecule has 1 fully saturated rings. The Kier molecular flexibility index (Phi) is 9.26. The van der Waals surface area contributed by atoms with Crippen LogP contribution in [-0.2, 0) is 9.53 Å². The average Bonchev–Trinajstić information content (AvgIpc) is 2.71. The molecule has 5 nitrogen and oxygen atoms in total. The zero-order valence-electron chi connectivity index (χ0n) is 18.1. The molecule has 0 unspecified atom stereocenters. The number of carbonyl (C=O) groups is 1. The van der Waals surface area contributed by atoms with Gasteiger partial charge in [-0.2, -0.15) is 0 Å². The summed E-state index contributed by atoms with van der Waals surface area (Å²) in [4.78, 5) is 15.1. The van der Waals surface area contributed by atoms with Gasteiger partial charge in [0.15, 0.2) is 0 Å². The van der Waals surface area contributed by atoms with Crippen LogP contribution in [-0.4, -0.2) is 49.8 Å². The maximum atomic E-state index is 12.6. The van der Waals surface area contributed by atoms with E-state index in [0.29, 0.717) is 6.42 Å². The van der Waals surface area contributed by atoms with Crippen molar-refractivity contribution in [3.8, 4) is 5.75 Å². The van der Waals surface area contributed by atoms with Gasteiger partial charge >= 0.3 is 0 Å². The molecular weight excluding hydrogens is 352 g/mol. The van der Waals surface area contributed by atoms with E-state index in [2.05, 4.69) is 24.1 Å². The van der Waals surface area contributed by atoms with Crippen LogP contribution in [0.15, 0.2) is 24.3 Å². The molecular formula is C23H38N2O3. The van der Waals surface area contributed by atoms with Gasteiger partial charge in [0.05, 0.1) is 6.61 Å². The second kappa shape index (κ2) is 11.4. The third-order valence-electron chi connectivity index (χ3n) is 5.81. The number of likely N-dealkylation sites (tertiary alicyclic amines) is 1. The molecule has 158 valence electrons. The largest absolute Gasteiger partial charge is 0.494 e. The van der Waals surface area contributed by atoms with Gasteiger partial charge in [-0.1, -0.05) is 26.7 Å². The smallest absolute Gasteiger partial charge is 0.256 e. The summed E-state index contributed by atoms with van der Waals surface area (Å²) in [5, 5.41) is 2.96. The molecule has 0 saturated carbocycles. The first-order chi connectivity index (χ1) is 13.5. The van der Waals surface area contributed by atoms with Gasteiger partial charge in [0, 0.05) is 19.3 Å². The van der Waals surface area contributed by atoms with Crippen LogP contribution in [0.1, 0.15) is 59.3 Å². The van der Waals surface area contributed by atoms with Crippen LogP contribution in [0.25, 0.3) is 0 Å². The standard InChI is InChI=1S/C23H38N2O3/c1-5-6-14-23(3,27-4)22(26)24-20-8-10-21(11-9-20)28-18-7-15-25-16-12-19(2)13-17-25/h8-11,19H,5-7,12-18H2,1-4H3,(H,24,26)/t23-/m1/s1. The number of nitrogens with zero attached hydrogens (tertiary/aromatic N) is 1. The lowest BCUT2D eigenvalue weighted by Crippen LogP contribution is -2.41. The number of nitrogens with one attached hydrogen (secondary N) is 1. The molecule has 1 amide bonds. The third-order valence-corrected chi connectivity index (χ3v) is 5.81. The average molecular weight is 391 g/mol. The topological polar surface area (TPSA) is 50.8 Å². The quantitative estimate of drug-likeness (QED) is 0.556. The second-order valence-corrected chi connectivity index (χ2v) is 8.24. The highest BCUT2D eigenvalue weighted by Crippen LogP contribution is 2.22. The highest BCUT2D eigenvalue weighted by atomic mass is 16.5. The van der Waals surface area contributed by atoms with Crippen LogP contribution in [0, 0.1) is 5.92 Å². The van der Waals surface area contributed by atoms with Crippen LogP contribution < -0.4 is 10.1 Å². The number of hydrogen-bond donors (Lipinski definition) is 1. The van der Waals surface area contributed by atoms with Crippen LogP contribution in [0.4, 0.5) is 5.69 Å². The molecule has 1 aromatic rings. The fraction of sp³-hybridized carbons (Fsp3) is 0.696. The minimum absolute atomic E-state index is 0.104. The van der Waals surface area contributed by atoms with Gasteiger partial charge in [-0.3, -0.25) is 4.79 Å². The SMILES string of the molecule is CCCC[C@@](C)(OC)C(=O)Nc1ccc(OCCCN2CCC(C)CC2)cc1. The molecule has 2 rings (SSSR count). The first-order valence-corrected chi connectivity index (χ1v) is 10.8. The zero-order valence-corrected chi connectivity index (χ0v) is 18.1. The van der Waals surface area contributed by atoms with Crippen molar-refractivity contribution in [2.75, 3.05) is 38.7 Å². The van der Waals surface area contributed by atoms with Crippen molar-refractivity contribution in [2.24, 2.45) is 5.92 Å². The number of unbranched alkanes of at least 4 members (excludes halogenated alkanes) is 1. The second-order valence-electron chi connectivity index (χ2n) is 8.24. The van der Waals surface area contributed by atoms with E-state index in [1.165, 1.54) is 25.9 Å². The predicted octanol–water partition coefficient (Wildman–Crippen LogP) is 4.72. The molecule has 0 aromatic heterocycles. The summed E-state index contributed by atoms with van der Waals surface area (Å²) in [6.45, 7) is 10.6. The molecule has 1 aliphatic rings. The van der Waals surface area contributed by atoms with Crippen molar-refractivity contribution >= 4 is 11.6 Å².